The van der Waals surface area contributed by atoms with Crippen LogP contribution in [0.5, 0.6) is 0 Å². The molecule has 110 valence electrons. The lowest BCUT2D eigenvalue weighted by Crippen LogP contribution is -2.41. The minimum Gasteiger partial charge on any atom is -0.298 e. The van der Waals surface area contributed by atoms with E-state index >= 15 is 0 Å². The molecule has 0 saturated carbocycles. The van der Waals surface area contributed by atoms with Gasteiger partial charge in [-0.25, -0.2) is 12.8 Å². The molecule has 0 aliphatic carbocycles. The Balaban J connectivity index is 2.86. The Morgan fingerprint density at radius 2 is 2.00 bits per heavy atom. The molecule has 0 aromatic heterocycles. The van der Waals surface area contributed by atoms with Crippen LogP contribution in [0.2, 0.25) is 0 Å². The number of rotatable bonds is 5. The predicted octanol–water partition coefficient (Wildman–Crippen LogP) is 1.95. The molecule has 0 spiro atoms. The number of benzene rings is 1. The van der Waals surface area contributed by atoms with Crippen molar-refractivity contribution in [3.8, 4) is 6.07 Å². The number of nitrogens with zero attached hydrogens (tertiary/aromatic N) is 2. The normalized spacial score (nSPS) is 14.8. The summed E-state index contributed by atoms with van der Waals surface area (Å²) in [5.41, 5.74) is 0.713. The van der Waals surface area contributed by atoms with Gasteiger partial charge in [-0.15, -0.1) is 0 Å². The molecule has 20 heavy (non-hydrogen) atoms. The molecule has 2 atom stereocenters. The van der Waals surface area contributed by atoms with Crippen LogP contribution >= 0.6 is 0 Å². The fourth-order valence-electron chi connectivity index (χ4n) is 1.87. The number of nitriles is 1. The Morgan fingerprint density at radius 1 is 1.40 bits per heavy atom. The highest BCUT2D eigenvalue weighted by Gasteiger charge is 2.25. The first kappa shape index (κ1) is 16.6. The van der Waals surface area contributed by atoms with Crippen molar-refractivity contribution >= 4 is 9.84 Å². The zero-order valence-electron chi connectivity index (χ0n) is 12.1. The molecule has 0 aliphatic heterocycles. The van der Waals surface area contributed by atoms with Crippen LogP contribution in [-0.4, -0.2) is 37.9 Å². The van der Waals surface area contributed by atoms with Crippen molar-refractivity contribution in [3.05, 3.63) is 35.1 Å². The van der Waals surface area contributed by atoms with Crippen LogP contribution in [0.25, 0.3) is 0 Å². The molecular formula is C14H19FN2O2S. The second kappa shape index (κ2) is 6.33. The van der Waals surface area contributed by atoms with E-state index in [0.717, 1.165) is 0 Å². The summed E-state index contributed by atoms with van der Waals surface area (Å²) in [5.74, 6) is -0.449. The monoisotopic (exact) mass is 298 g/mol. The van der Waals surface area contributed by atoms with Crippen molar-refractivity contribution in [3.63, 3.8) is 0 Å². The summed E-state index contributed by atoms with van der Waals surface area (Å²) >= 11 is 0. The summed E-state index contributed by atoms with van der Waals surface area (Å²) in [6.07, 6.45) is 1.20. The first-order valence-electron chi connectivity index (χ1n) is 6.24. The van der Waals surface area contributed by atoms with Gasteiger partial charge in [0.05, 0.1) is 16.9 Å². The Kier molecular flexibility index (Phi) is 5.26. The number of halogens is 1. The highest BCUT2D eigenvalue weighted by atomic mass is 32.2. The van der Waals surface area contributed by atoms with Gasteiger partial charge in [-0.05, 0) is 33.0 Å². The van der Waals surface area contributed by atoms with Gasteiger partial charge in [-0.1, -0.05) is 6.07 Å². The smallest absolute Gasteiger partial charge is 0.151 e. The lowest BCUT2D eigenvalue weighted by Gasteiger charge is -2.29. The topological polar surface area (TPSA) is 61.2 Å². The summed E-state index contributed by atoms with van der Waals surface area (Å²) in [6, 6.07) is 5.94. The third-order valence-corrected chi connectivity index (χ3v) is 5.40. The molecule has 0 bridgehead atoms. The zero-order valence-corrected chi connectivity index (χ0v) is 12.9. The molecule has 6 heteroatoms. The fraction of sp³-hybridized carbons (Fsp3) is 0.500. The van der Waals surface area contributed by atoms with Crippen molar-refractivity contribution in [2.24, 2.45) is 0 Å². The van der Waals surface area contributed by atoms with E-state index in [0.29, 0.717) is 12.1 Å². The van der Waals surface area contributed by atoms with Gasteiger partial charge in [-0.3, -0.25) is 4.90 Å². The SMILES string of the molecule is C[C@H]([C@H](C)S(C)(=O)=O)N(C)Cc1ccc(C#N)cc1F. The molecule has 0 unspecified atom stereocenters. The van der Waals surface area contributed by atoms with Gasteiger partial charge in [0.1, 0.15) is 5.82 Å². The molecule has 0 N–H and O–H groups in total. The number of hydrogen-bond donors (Lipinski definition) is 0. The highest BCUT2D eigenvalue weighted by Crippen LogP contribution is 2.16. The van der Waals surface area contributed by atoms with Crippen molar-refractivity contribution in [2.45, 2.75) is 31.7 Å². The summed E-state index contributed by atoms with van der Waals surface area (Å²) in [5, 5.41) is 8.16. The van der Waals surface area contributed by atoms with Gasteiger partial charge >= 0.3 is 0 Å². The molecule has 0 amide bonds. The fourth-order valence-corrected chi connectivity index (χ4v) is 2.80. The van der Waals surface area contributed by atoms with Crippen LogP contribution in [0.3, 0.4) is 0 Å². The highest BCUT2D eigenvalue weighted by molar-refractivity contribution is 7.91. The van der Waals surface area contributed by atoms with Crippen molar-refractivity contribution < 1.29 is 12.8 Å². The minimum atomic E-state index is -3.14. The van der Waals surface area contributed by atoms with Crippen LogP contribution in [0.1, 0.15) is 25.0 Å². The van der Waals surface area contributed by atoms with E-state index in [-0.39, 0.29) is 11.6 Å². The molecule has 0 fully saturated rings. The third-order valence-electron chi connectivity index (χ3n) is 3.65. The molecule has 4 nitrogen and oxygen atoms in total. The molecular weight excluding hydrogens is 279 g/mol. The van der Waals surface area contributed by atoms with Crippen LogP contribution in [-0.2, 0) is 16.4 Å². The van der Waals surface area contributed by atoms with E-state index in [9.17, 15) is 12.8 Å². The lowest BCUT2D eigenvalue weighted by atomic mass is 10.1. The summed E-state index contributed by atoms with van der Waals surface area (Å²) < 4.78 is 36.9. The predicted molar refractivity (Wildman–Crippen MR) is 76.3 cm³/mol. The van der Waals surface area contributed by atoms with E-state index in [1.54, 1.807) is 37.9 Å². The average Bonchev–Trinajstić information content (AvgIpc) is 2.38. The minimum absolute atomic E-state index is 0.236. The van der Waals surface area contributed by atoms with E-state index in [1.165, 1.54) is 12.3 Å². The quantitative estimate of drug-likeness (QED) is 0.833. The maximum absolute atomic E-state index is 13.8. The number of sulfone groups is 1. The van der Waals surface area contributed by atoms with Crippen LogP contribution < -0.4 is 0 Å². The van der Waals surface area contributed by atoms with Gasteiger partial charge in [0.15, 0.2) is 9.84 Å². The van der Waals surface area contributed by atoms with Crippen LogP contribution in [0.4, 0.5) is 4.39 Å². The first-order chi connectivity index (χ1) is 9.16. The molecule has 0 heterocycles. The van der Waals surface area contributed by atoms with E-state index in [1.807, 2.05) is 6.07 Å². The average molecular weight is 298 g/mol. The number of hydrogen-bond acceptors (Lipinski definition) is 4. The summed E-state index contributed by atoms with van der Waals surface area (Å²) in [4.78, 5) is 1.79. The van der Waals surface area contributed by atoms with Gasteiger partial charge in [-0.2, -0.15) is 5.26 Å². The Bertz CT molecular complexity index is 623. The molecule has 0 aliphatic rings. The Labute approximate surface area is 119 Å². The van der Waals surface area contributed by atoms with Gasteiger partial charge < -0.3 is 0 Å². The van der Waals surface area contributed by atoms with Gasteiger partial charge in [0, 0.05) is 24.4 Å². The van der Waals surface area contributed by atoms with E-state index in [2.05, 4.69) is 0 Å². The zero-order chi connectivity index (χ0) is 15.5. The second-order valence-electron chi connectivity index (χ2n) is 5.11. The summed E-state index contributed by atoms with van der Waals surface area (Å²) in [7, 11) is -1.38. The van der Waals surface area contributed by atoms with Crippen molar-refractivity contribution in [1.29, 1.82) is 5.26 Å². The summed E-state index contributed by atoms with van der Waals surface area (Å²) in [6.45, 7) is 3.73. The van der Waals surface area contributed by atoms with Gasteiger partial charge in [0.25, 0.3) is 0 Å². The maximum Gasteiger partial charge on any atom is 0.151 e. The van der Waals surface area contributed by atoms with E-state index in [4.69, 9.17) is 5.26 Å². The lowest BCUT2D eigenvalue weighted by molar-refractivity contribution is 0.242. The Morgan fingerprint density at radius 3 is 2.45 bits per heavy atom. The van der Waals surface area contributed by atoms with Crippen molar-refractivity contribution in [1.82, 2.24) is 4.90 Å². The van der Waals surface area contributed by atoms with E-state index < -0.39 is 20.9 Å². The molecule has 1 aromatic rings. The van der Waals surface area contributed by atoms with Gasteiger partial charge in [0.2, 0.25) is 0 Å². The standard InChI is InChI=1S/C14H19FN2O2S/c1-10(11(2)20(4,18)19)17(3)9-13-6-5-12(8-16)7-14(13)15/h5-7,10-11H,9H2,1-4H3/t10-,11+/m1/s1. The molecule has 1 aromatic carbocycles. The largest absolute Gasteiger partial charge is 0.298 e. The molecule has 0 radical (unpaired) electrons. The van der Waals surface area contributed by atoms with Crippen LogP contribution in [0.15, 0.2) is 18.2 Å². The third kappa shape index (κ3) is 4.02. The maximum atomic E-state index is 13.8. The first-order valence-corrected chi connectivity index (χ1v) is 8.20. The molecule has 1 rings (SSSR count). The Hall–Kier alpha value is -1.45. The second-order valence-corrected chi connectivity index (χ2v) is 7.51. The van der Waals surface area contributed by atoms with Crippen molar-refractivity contribution in [2.75, 3.05) is 13.3 Å². The van der Waals surface area contributed by atoms with Crippen LogP contribution in [0, 0.1) is 17.1 Å². The molecule has 0 saturated heterocycles.